The van der Waals surface area contributed by atoms with Gasteiger partial charge in [0.2, 0.25) is 0 Å². The first-order valence-corrected chi connectivity index (χ1v) is 4.80. The molecule has 1 heterocycles. The third-order valence-electron chi connectivity index (χ3n) is 1.64. The molecule has 0 amide bonds. The van der Waals surface area contributed by atoms with Gasteiger partial charge >= 0.3 is 0 Å². The highest BCUT2D eigenvalue weighted by Crippen LogP contribution is 2.10. The molecule has 0 unspecified atom stereocenters. The number of rotatable bonds is 1. The van der Waals surface area contributed by atoms with Crippen molar-refractivity contribution in [2.75, 3.05) is 0 Å². The minimum Gasteiger partial charge on any atom is -0.240 e. The molecule has 0 N–H and O–H groups in total. The van der Waals surface area contributed by atoms with Crippen molar-refractivity contribution in [3.05, 3.63) is 46.0 Å². The van der Waals surface area contributed by atoms with Crippen molar-refractivity contribution in [1.29, 1.82) is 0 Å². The van der Waals surface area contributed by atoms with E-state index in [1.54, 1.807) is 23.0 Å². The summed E-state index contributed by atoms with van der Waals surface area (Å²) >= 11 is 2.18. The van der Waals surface area contributed by atoms with E-state index in [2.05, 4.69) is 27.7 Å². The second kappa shape index (κ2) is 3.45. The molecule has 13 heavy (non-hydrogen) atoms. The quantitative estimate of drug-likeness (QED) is 0.738. The van der Waals surface area contributed by atoms with Crippen LogP contribution in [0.5, 0.6) is 0 Å². The lowest BCUT2D eigenvalue weighted by Gasteiger charge is -1.99. The second-order valence-corrected chi connectivity index (χ2v) is 3.83. The van der Waals surface area contributed by atoms with Gasteiger partial charge in [0.25, 0.3) is 0 Å². The van der Waals surface area contributed by atoms with Crippen LogP contribution in [0.1, 0.15) is 0 Å². The van der Waals surface area contributed by atoms with Gasteiger partial charge in [-0.3, -0.25) is 0 Å². The largest absolute Gasteiger partial charge is 0.240 e. The summed E-state index contributed by atoms with van der Waals surface area (Å²) in [6.45, 7) is 0. The number of hydrogen-bond acceptors (Lipinski definition) is 1. The van der Waals surface area contributed by atoms with E-state index in [1.807, 2.05) is 6.20 Å². The third-order valence-corrected chi connectivity index (χ3v) is 2.20. The van der Waals surface area contributed by atoms with Gasteiger partial charge < -0.3 is 0 Å². The smallest absolute Gasteiger partial charge is 0.123 e. The third kappa shape index (κ3) is 1.88. The summed E-state index contributed by atoms with van der Waals surface area (Å²) in [5.74, 6) is -0.231. The lowest BCUT2D eigenvalue weighted by atomic mass is 10.3. The normalized spacial score (nSPS) is 10.3. The summed E-state index contributed by atoms with van der Waals surface area (Å²) in [5.41, 5.74) is 0.865. The average molecular weight is 288 g/mol. The molecule has 0 bridgehead atoms. The molecule has 0 saturated heterocycles. The molecule has 66 valence electrons. The Balaban J connectivity index is 2.41. The van der Waals surface area contributed by atoms with E-state index in [1.165, 1.54) is 12.1 Å². The van der Waals surface area contributed by atoms with Crippen LogP contribution in [0.25, 0.3) is 5.69 Å². The minimum absolute atomic E-state index is 0.231. The van der Waals surface area contributed by atoms with Crippen molar-refractivity contribution >= 4 is 22.6 Å². The van der Waals surface area contributed by atoms with Gasteiger partial charge in [-0.1, -0.05) is 0 Å². The highest BCUT2D eigenvalue weighted by atomic mass is 127. The van der Waals surface area contributed by atoms with E-state index >= 15 is 0 Å². The Morgan fingerprint density at radius 1 is 1.23 bits per heavy atom. The zero-order valence-electron chi connectivity index (χ0n) is 6.61. The van der Waals surface area contributed by atoms with E-state index in [0.717, 1.165) is 9.26 Å². The highest BCUT2D eigenvalue weighted by Gasteiger charge is 1.97. The summed E-state index contributed by atoms with van der Waals surface area (Å²) in [4.78, 5) is 0. The summed E-state index contributed by atoms with van der Waals surface area (Å²) in [5, 5.41) is 4.10. The van der Waals surface area contributed by atoms with Gasteiger partial charge in [0, 0.05) is 6.20 Å². The standard InChI is InChI=1S/C9H6FIN2/c10-7-1-3-9(4-2-7)13-6-8(11)5-12-13/h1-6H. The number of halogens is 2. The van der Waals surface area contributed by atoms with Gasteiger partial charge in [0.05, 0.1) is 15.5 Å². The summed E-state index contributed by atoms with van der Waals surface area (Å²) < 4.78 is 15.3. The molecule has 2 aromatic rings. The van der Waals surface area contributed by atoms with Crippen molar-refractivity contribution in [1.82, 2.24) is 9.78 Å². The van der Waals surface area contributed by atoms with Crippen LogP contribution in [0, 0.1) is 9.39 Å². The molecule has 0 radical (unpaired) electrons. The van der Waals surface area contributed by atoms with E-state index in [9.17, 15) is 4.39 Å². The second-order valence-electron chi connectivity index (χ2n) is 2.58. The number of hydrogen-bond donors (Lipinski definition) is 0. The lowest BCUT2D eigenvalue weighted by Crippen LogP contribution is -1.93. The molecule has 2 nitrogen and oxygen atoms in total. The number of aromatic nitrogens is 2. The summed E-state index contributed by atoms with van der Waals surface area (Å²) in [7, 11) is 0. The Bertz CT molecular complexity index is 408. The highest BCUT2D eigenvalue weighted by molar-refractivity contribution is 14.1. The van der Waals surface area contributed by atoms with Gasteiger partial charge in [-0.2, -0.15) is 5.10 Å². The Kier molecular flexibility index (Phi) is 2.30. The topological polar surface area (TPSA) is 17.8 Å². The fourth-order valence-electron chi connectivity index (χ4n) is 1.04. The molecule has 2 rings (SSSR count). The summed E-state index contributed by atoms with van der Waals surface area (Å²) in [6.07, 6.45) is 3.64. The first-order valence-electron chi connectivity index (χ1n) is 3.72. The maximum absolute atomic E-state index is 12.6. The Hall–Kier alpha value is -0.910. The zero-order chi connectivity index (χ0) is 9.26. The lowest BCUT2D eigenvalue weighted by molar-refractivity contribution is 0.627. The van der Waals surface area contributed by atoms with Gasteiger partial charge in [-0.15, -0.1) is 0 Å². The van der Waals surface area contributed by atoms with Crippen LogP contribution in [-0.4, -0.2) is 9.78 Å². The molecule has 4 heteroatoms. The monoisotopic (exact) mass is 288 g/mol. The first kappa shape index (κ1) is 8.68. The van der Waals surface area contributed by atoms with Gasteiger partial charge in [0.15, 0.2) is 0 Å². The SMILES string of the molecule is Fc1ccc(-n2cc(I)cn2)cc1. The molecule has 0 aliphatic rings. The van der Waals surface area contributed by atoms with Gasteiger partial charge in [-0.25, -0.2) is 9.07 Å². The molecular formula is C9H6FIN2. The Morgan fingerprint density at radius 2 is 1.92 bits per heavy atom. The average Bonchev–Trinajstić information content (AvgIpc) is 2.53. The van der Waals surface area contributed by atoms with Crippen LogP contribution < -0.4 is 0 Å². The minimum atomic E-state index is -0.231. The van der Waals surface area contributed by atoms with Crippen LogP contribution in [0.4, 0.5) is 4.39 Å². The number of nitrogens with zero attached hydrogens (tertiary/aromatic N) is 2. The predicted molar refractivity (Wildman–Crippen MR) is 56.2 cm³/mol. The number of benzene rings is 1. The molecule has 0 spiro atoms. The fraction of sp³-hybridized carbons (Fsp3) is 0. The van der Waals surface area contributed by atoms with Crippen LogP contribution in [0.3, 0.4) is 0 Å². The van der Waals surface area contributed by atoms with Crippen molar-refractivity contribution in [2.24, 2.45) is 0 Å². The van der Waals surface area contributed by atoms with Crippen LogP contribution in [-0.2, 0) is 0 Å². The van der Waals surface area contributed by atoms with Gasteiger partial charge in [-0.05, 0) is 46.9 Å². The molecule has 0 aliphatic heterocycles. The zero-order valence-corrected chi connectivity index (χ0v) is 8.77. The fourth-order valence-corrected chi connectivity index (χ4v) is 1.42. The molecule has 0 fully saturated rings. The molecular weight excluding hydrogens is 282 g/mol. The van der Waals surface area contributed by atoms with Crippen molar-refractivity contribution < 1.29 is 4.39 Å². The van der Waals surface area contributed by atoms with Gasteiger partial charge in [0.1, 0.15) is 5.82 Å². The Morgan fingerprint density at radius 3 is 2.46 bits per heavy atom. The molecule has 0 atom stereocenters. The Labute approximate surface area is 88.5 Å². The van der Waals surface area contributed by atoms with Crippen molar-refractivity contribution in [3.63, 3.8) is 0 Å². The van der Waals surface area contributed by atoms with E-state index < -0.39 is 0 Å². The molecule has 0 aliphatic carbocycles. The molecule has 1 aromatic carbocycles. The van der Waals surface area contributed by atoms with E-state index in [-0.39, 0.29) is 5.82 Å². The van der Waals surface area contributed by atoms with Crippen molar-refractivity contribution in [3.8, 4) is 5.69 Å². The van der Waals surface area contributed by atoms with Crippen LogP contribution >= 0.6 is 22.6 Å². The first-order chi connectivity index (χ1) is 6.25. The van der Waals surface area contributed by atoms with Crippen molar-refractivity contribution in [2.45, 2.75) is 0 Å². The van der Waals surface area contributed by atoms with Crippen LogP contribution in [0.15, 0.2) is 36.7 Å². The van der Waals surface area contributed by atoms with Crippen LogP contribution in [0.2, 0.25) is 0 Å². The van der Waals surface area contributed by atoms with E-state index in [0.29, 0.717) is 0 Å². The van der Waals surface area contributed by atoms with E-state index in [4.69, 9.17) is 0 Å². The maximum Gasteiger partial charge on any atom is 0.123 e. The predicted octanol–water partition coefficient (Wildman–Crippen LogP) is 2.62. The maximum atomic E-state index is 12.6. The molecule has 1 aromatic heterocycles. The molecule has 0 saturated carbocycles. The summed E-state index contributed by atoms with van der Waals surface area (Å²) in [6, 6.07) is 6.23.